The Morgan fingerprint density at radius 1 is 1.08 bits per heavy atom. The van der Waals surface area contributed by atoms with Crippen LogP contribution in [0.25, 0.3) is 11.3 Å². The van der Waals surface area contributed by atoms with Gasteiger partial charge >= 0.3 is 18.1 Å². The zero-order valence-electron chi connectivity index (χ0n) is 20.3. The SMILES string of the molecule is COc1cc(NC(=O)Nc2cccc(CNC(=O)OC3COCC3OCC(=O)O)c2)ccc1-c1cnco1. The number of aliphatic carboxylic acids is 1. The van der Waals surface area contributed by atoms with Gasteiger partial charge < -0.3 is 44.4 Å². The van der Waals surface area contributed by atoms with Gasteiger partial charge in [0.05, 0.1) is 32.1 Å². The number of urea groups is 1. The summed E-state index contributed by atoms with van der Waals surface area (Å²) >= 11 is 0. The number of ether oxygens (including phenoxy) is 4. The lowest BCUT2D eigenvalue weighted by atomic mass is 10.1. The zero-order valence-corrected chi connectivity index (χ0v) is 20.3. The van der Waals surface area contributed by atoms with Crippen molar-refractivity contribution in [2.75, 3.05) is 37.6 Å². The highest BCUT2D eigenvalue weighted by Crippen LogP contribution is 2.32. The third kappa shape index (κ3) is 7.21. The van der Waals surface area contributed by atoms with Gasteiger partial charge in [-0.05, 0) is 29.8 Å². The van der Waals surface area contributed by atoms with E-state index in [1.807, 2.05) is 0 Å². The number of oxazole rings is 1. The summed E-state index contributed by atoms with van der Waals surface area (Å²) in [5.74, 6) is -0.0822. The van der Waals surface area contributed by atoms with Crippen molar-refractivity contribution in [2.24, 2.45) is 0 Å². The predicted octanol–water partition coefficient (Wildman–Crippen LogP) is 3.09. The second-order valence-corrected chi connectivity index (χ2v) is 8.14. The van der Waals surface area contributed by atoms with E-state index in [1.54, 1.807) is 48.7 Å². The van der Waals surface area contributed by atoms with Crippen LogP contribution in [0.15, 0.2) is 59.5 Å². The van der Waals surface area contributed by atoms with Crippen molar-refractivity contribution in [1.82, 2.24) is 10.3 Å². The fourth-order valence-electron chi connectivity index (χ4n) is 3.69. The topological polar surface area (TPSA) is 170 Å². The molecule has 200 valence electrons. The number of hydrogen-bond donors (Lipinski definition) is 4. The van der Waals surface area contributed by atoms with Crippen LogP contribution in [-0.2, 0) is 25.5 Å². The molecular formula is C25H26N4O9. The first-order valence-corrected chi connectivity index (χ1v) is 11.5. The first-order valence-electron chi connectivity index (χ1n) is 11.5. The van der Waals surface area contributed by atoms with Gasteiger partial charge in [-0.25, -0.2) is 19.4 Å². The molecule has 38 heavy (non-hydrogen) atoms. The number of hydrogen-bond acceptors (Lipinski definition) is 9. The molecule has 0 spiro atoms. The molecule has 1 aliphatic heterocycles. The first-order chi connectivity index (χ1) is 18.4. The minimum Gasteiger partial charge on any atom is -0.496 e. The van der Waals surface area contributed by atoms with Crippen molar-refractivity contribution in [3.8, 4) is 17.1 Å². The number of methoxy groups -OCH3 is 1. The molecular weight excluding hydrogens is 500 g/mol. The molecule has 3 aromatic rings. The lowest BCUT2D eigenvalue weighted by molar-refractivity contribution is -0.145. The maximum absolute atomic E-state index is 12.6. The third-order valence-electron chi connectivity index (χ3n) is 5.44. The average Bonchev–Trinajstić information content (AvgIpc) is 3.59. The fraction of sp³-hybridized carbons (Fsp3) is 0.280. The first kappa shape index (κ1) is 26.4. The fourth-order valence-corrected chi connectivity index (χ4v) is 3.69. The Kier molecular flexibility index (Phi) is 8.74. The van der Waals surface area contributed by atoms with Crippen LogP contribution in [0.4, 0.5) is 21.0 Å². The van der Waals surface area contributed by atoms with Crippen LogP contribution in [0.2, 0.25) is 0 Å². The Hall–Kier alpha value is -4.62. The van der Waals surface area contributed by atoms with Gasteiger partial charge in [-0.1, -0.05) is 12.1 Å². The number of nitrogens with zero attached hydrogens (tertiary/aromatic N) is 1. The second-order valence-electron chi connectivity index (χ2n) is 8.14. The van der Waals surface area contributed by atoms with Gasteiger partial charge in [0.25, 0.3) is 0 Å². The molecule has 13 heteroatoms. The minimum absolute atomic E-state index is 0.112. The Morgan fingerprint density at radius 2 is 1.87 bits per heavy atom. The maximum atomic E-state index is 12.6. The number of nitrogens with one attached hydrogen (secondary N) is 3. The van der Waals surface area contributed by atoms with Gasteiger partial charge in [0.2, 0.25) is 0 Å². The normalized spacial score (nSPS) is 16.4. The Bertz CT molecular complexity index is 1270. The Labute approximate surface area is 217 Å². The van der Waals surface area contributed by atoms with Crippen molar-refractivity contribution in [1.29, 1.82) is 0 Å². The molecule has 4 N–H and O–H groups in total. The molecule has 2 unspecified atom stereocenters. The summed E-state index contributed by atoms with van der Waals surface area (Å²) in [4.78, 5) is 39.3. The number of amides is 3. The van der Waals surface area contributed by atoms with Crippen LogP contribution in [0.1, 0.15) is 5.56 Å². The lowest BCUT2D eigenvalue weighted by Gasteiger charge is -2.18. The van der Waals surface area contributed by atoms with Crippen molar-refractivity contribution >= 4 is 29.5 Å². The molecule has 0 aliphatic carbocycles. The van der Waals surface area contributed by atoms with Crippen molar-refractivity contribution in [3.63, 3.8) is 0 Å². The number of aromatic nitrogens is 1. The molecule has 0 bridgehead atoms. The largest absolute Gasteiger partial charge is 0.496 e. The Balaban J connectivity index is 1.27. The smallest absolute Gasteiger partial charge is 0.407 e. The van der Waals surface area contributed by atoms with Crippen molar-refractivity contribution in [2.45, 2.75) is 18.8 Å². The number of carbonyl (C=O) groups is 3. The highest BCUT2D eigenvalue weighted by Gasteiger charge is 2.33. The van der Waals surface area contributed by atoms with E-state index in [0.29, 0.717) is 34.0 Å². The van der Waals surface area contributed by atoms with E-state index in [4.69, 9.17) is 28.5 Å². The molecule has 1 fully saturated rings. The van der Waals surface area contributed by atoms with E-state index in [-0.39, 0.29) is 19.8 Å². The monoisotopic (exact) mass is 526 g/mol. The quantitative estimate of drug-likeness (QED) is 0.308. The number of alkyl carbamates (subject to hydrolysis) is 1. The molecule has 1 aliphatic rings. The number of anilines is 2. The number of benzene rings is 2. The third-order valence-corrected chi connectivity index (χ3v) is 5.44. The molecule has 13 nitrogen and oxygen atoms in total. The molecule has 2 atom stereocenters. The summed E-state index contributed by atoms with van der Waals surface area (Å²) in [6.45, 7) is -0.130. The summed E-state index contributed by atoms with van der Waals surface area (Å²) in [6.07, 6.45) is 0.815. The van der Waals surface area contributed by atoms with Crippen LogP contribution in [0.3, 0.4) is 0 Å². The van der Waals surface area contributed by atoms with Crippen molar-refractivity contribution < 1.29 is 42.9 Å². The van der Waals surface area contributed by atoms with Gasteiger partial charge in [0.1, 0.15) is 18.5 Å². The highest BCUT2D eigenvalue weighted by atomic mass is 16.6. The maximum Gasteiger partial charge on any atom is 0.407 e. The molecule has 0 saturated carbocycles. The highest BCUT2D eigenvalue weighted by molar-refractivity contribution is 6.00. The van der Waals surface area contributed by atoms with Gasteiger partial charge in [-0.3, -0.25) is 0 Å². The summed E-state index contributed by atoms with van der Waals surface area (Å²) in [7, 11) is 1.52. The van der Waals surface area contributed by atoms with E-state index >= 15 is 0 Å². The van der Waals surface area contributed by atoms with Gasteiger partial charge in [0, 0.05) is 24.0 Å². The van der Waals surface area contributed by atoms with E-state index in [9.17, 15) is 14.4 Å². The molecule has 1 saturated heterocycles. The predicted molar refractivity (Wildman–Crippen MR) is 133 cm³/mol. The number of carboxylic acids is 1. The summed E-state index contributed by atoms with van der Waals surface area (Å²) < 4.78 is 26.4. The van der Waals surface area contributed by atoms with Gasteiger partial charge in [-0.2, -0.15) is 0 Å². The molecule has 3 amide bonds. The average molecular weight is 527 g/mol. The van der Waals surface area contributed by atoms with Gasteiger partial charge in [0.15, 0.2) is 18.3 Å². The number of carbonyl (C=O) groups excluding carboxylic acids is 2. The van der Waals surface area contributed by atoms with E-state index < -0.39 is 36.9 Å². The molecule has 0 radical (unpaired) electrons. The number of carboxylic acid groups (broad SMARTS) is 1. The van der Waals surface area contributed by atoms with E-state index in [1.165, 1.54) is 13.5 Å². The Morgan fingerprint density at radius 3 is 2.61 bits per heavy atom. The second kappa shape index (κ2) is 12.6. The number of rotatable bonds is 10. The van der Waals surface area contributed by atoms with Crippen LogP contribution >= 0.6 is 0 Å². The molecule has 4 rings (SSSR count). The molecule has 2 heterocycles. The standard InChI is InChI=1S/C25H26N4O9/c1-34-19-8-17(5-6-18(19)20-10-26-14-37-20)29-24(32)28-16-4-2-3-15(7-16)9-27-25(33)38-22-12-35-11-21(22)36-13-23(30)31/h2-8,10,14,21-22H,9,11-13H2,1H3,(H,27,33)(H,30,31)(H2,28,29,32). The van der Waals surface area contributed by atoms with E-state index in [2.05, 4.69) is 20.9 Å². The molecule has 1 aromatic heterocycles. The lowest BCUT2D eigenvalue weighted by Crippen LogP contribution is -2.37. The minimum atomic E-state index is -1.12. The zero-order chi connectivity index (χ0) is 26.9. The van der Waals surface area contributed by atoms with Crippen LogP contribution in [0.5, 0.6) is 5.75 Å². The summed E-state index contributed by atoms with van der Waals surface area (Å²) in [5, 5.41) is 16.8. The summed E-state index contributed by atoms with van der Waals surface area (Å²) in [6, 6.07) is 11.5. The van der Waals surface area contributed by atoms with Gasteiger partial charge in [-0.15, -0.1) is 0 Å². The van der Waals surface area contributed by atoms with Crippen LogP contribution in [0, 0.1) is 0 Å². The van der Waals surface area contributed by atoms with Crippen LogP contribution in [-0.4, -0.2) is 67.3 Å². The van der Waals surface area contributed by atoms with Crippen molar-refractivity contribution in [3.05, 3.63) is 60.6 Å². The van der Waals surface area contributed by atoms with Crippen LogP contribution < -0.4 is 20.7 Å². The molecule has 2 aromatic carbocycles. The summed E-state index contributed by atoms with van der Waals surface area (Å²) in [5.41, 5.74) is 2.41. The van der Waals surface area contributed by atoms with E-state index in [0.717, 1.165) is 0 Å².